The maximum atomic E-state index is 14.5. The molecule has 27 heavy (non-hydrogen) atoms. The lowest BCUT2D eigenvalue weighted by atomic mass is 9.68. The molecule has 3 rings (SSSR count). The number of rotatable bonds is 5. The molecule has 1 aromatic rings. The molecule has 0 unspecified atom stereocenters. The molecule has 2 fully saturated rings. The van der Waals surface area contributed by atoms with E-state index in [-0.39, 0.29) is 17.5 Å². The van der Waals surface area contributed by atoms with Crippen LogP contribution in [0.2, 0.25) is 0 Å². The zero-order valence-electron chi connectivity index (χ0n) is 16.4. The van der Waals surface area contributed by atoms with Gasteiger partial charge in [0.25, 0.3) is 0 Å². The summed E-state index contributed by atoms with van der Waals surface area (Å²) in [6.45, 7) is 3.61. The number of allylic oxidation sites excluding steroid dienone is 2. The van der Waals surface area contributed by atoms with E-state index < -0.39 is 11.6 Å². The first-order valence-corrected chi connectivity index (χ1v) is 10.4. The fourth-order valence-corrected chi connectivity index (χ4v) is 5.14. The molecule has 0 bridgehead atoms. The summed E-state index contributed by atoms with van der Waals surface area (Å²) in [6.07, 6.45) is 10.2. The third-order valence-electron chi connectivity index (χ3n) is 6.54. The lowest BCUT2D eigenvalue weighted by Gasteiger charge is -2.37. The molecule has 1 nitrogen and oxygen atoms in total. The predicted octanol–water partition coefficient (Wildman–Crippen LogP) is 7.32. The molecule has 150 valence electrons. The number of ether oxygens (including phenoxy) is 1. The second kappa shape index (κ2) is 9.16. The third kappa shape index (κ3) is 4.89. The first kappa shape index (κ1) is 20.3. The van der Waals surface area contributed by atoms with Crippen molar-refractivity contribution < 1.29 is 17.9 Å². The molecule has 0 atom stereocenters. The summed E-state index contributed by atoms with van der Waals surface area (Å²) >= 11 is 0. The van der Waals surface area contributed by atoms with Crippen molar-refractivity contribution in [2.75, 3.05) is 6.61 Å². The van der Waals surface area contributed by atoms with Crippen LogP contribution in [0, 0.1) is 29.4 Å². The maximum Gasteiger partial charge on any atom is 0.200 e. The standard InChI is InChI=1S/C23H31F3O/c1-3-27-21-13-12-20(22(25)23(21)26)19-10-8-18(9-11-19)17-6-4-16(5-7-17)14-15(2)24/h12-14,16-19H,3-11H2,1-2H3/b15-14-. The van der Waals surface area contributed by atoms with E-state index in [4.69, 9.17) is 4.74 Å². The van der Waals surface area contributed by atoms with Crippen LogP contribution in [0.4, 0.5) is 13.2 Å². The van der Waals surface area contributed by atoms with Crippen LogP contribution >= 0.6 is 0 Å². The molecule has 0 radical (unpaired) electrons. The fraction of sp³-hybridized carbons (Fsp3) is 0.652. The summed E-state index contributed by atoms with van der Waals surface area (Å²) in [7, 11) is 0. The molecule has 0 N–H and O–H groups in total. The highest BCUT2D eigenvalue weighted by molar-refractivity contribution is 5.33. The monoisotopic (exact) mass is 380 g/mol. The van der Waals surface area contributed by atoms with Crippen LogP contribution in [-0.2, 0) is 0 Å². The van der Waals surface area contributed by atoms with Crippen molar-refractivity contribution in [2.24, 2.45) is 17.8 Å². The Morgan fingerprint density at radius 1 is 0.963 bits per heavy atom. The van der Waals surface area contributed by atoms with Crippen LogP contribution in [0.1, 0.15) is 76.7 Å². The number of benzene rings is 1. The highest BCUT2D eigenvalue weighted by Gasteiger charge is 2.32. The molecule has 1 aromatic carbocycles. The predicted molar refractivity (Wildman–Crippen MR) is 103 cm³/mol. The summed E-state index contributed by atoms with van der Waals surface area (Å²) in [5.74, 6) is 0.212. The molecular weight excluding hydrogens is 349 g/mol. The van der Waals surface area contributed by atoms with Crippen molar-refractivity contribution in [1.29, 1.82) is 0 Å². The second-order valence-electron chi connectivity index (χ2n) is 8.25. The summed E-state index contributed by atoms with van der Waals surface area (Å²) < 4.78 is 46.9. The Morgan fingerprint density at radius 2 is 1.56 bits per heavy atom. The average molecular weight is 380 g/mol. The van der Waals surface area contributed by atoms with Crippen molar-refractivity contribution in [3.8, 4) is 5.75 Å². The van der Waals surface area contributed by atoms with Gasteiger partial charge in [0.2, 0.25) is 5.82 Å². The van der Waals surface area contributed by atoms with Gasteiger partial charge in [-0.25, -0.2) is 8.78 Å². The zero-order valence-corrected chi connectivity index (χ0v) is 16.4. The van der Waals surface area contributed by atoms with Crippen molar-refractivity contribution >= 4 is 0 Å². The molecular formula is C23H31F3O. The lowest BCUT2D eigenvalue weighted by molar-refractivity contribution is 0.170. The van der Waals surface area contributed by atoms with Gasteiger partial charge in [-0.3, -0.25) is 0 Å². The van der Waals surface area contributed by atoms with Gasteiger partial charge in [-0.2, -0.15) is 4.39 Å². The molecule has 0 spiro atoms. The Bertz CT molecular complexity index is 650. The number of hydrogen-bond donors (Lipinski definition) is 0. The van der Waals surface area contributed by atoms with Crippen LogP contribution in [0.25, 0.3) is 0 Å². The van der Waals surface area contributed by atoms with E-state index in [2.05, 4.69) is 0 Å². The van der Waals surface area contributed by atoms with Crippen LogP contribution in [0.3, 0.4) is 0 Å². The highest BCUT2D eigenvalue weighted by atomic mass is 19.2. The molecule has 4 heteroatoms. The number of hydrogen-bond acceptors (Lipinski definition) is 1. The van der Waals surface area contributed by atoms with E-state index in [1.807, 2.05) is 0 Å². The van der Waals surface area contributed by atoms with Crippen molar-refractivity contribution in [1.82, 2.24) is 0 Å². The zero-order chi connectivity index (χ0) is 19.4. The molecule has 0 aliphatic heterocycles. The van der Waals surface area contributed by atoms with Gasteiger partial charge in [-0.15, -0.1) is 0 Å². The van der Waals surface area contributed by atoms with Crippen molar-refractivity contribution in [2.45, 2.75) is 71.1 Å². The third-order valence-corrected chi connectivity index (χ3v) is 6.54. The topological polar surface area (TPSA) is 9.23 Å². The molecule has 2 saturated carbocycles. The SMILES string of the molecule is CCOc1ccc(C2CCC(C3CCC(/C=C(/C)F)CC3)CC2)c(F)c1F. The summed E-state index contributed by atoms with van der Waals surface area (Å²) in [5, 5.41) is 0. The molecule has 0 heterocycles. The Hall–Kier alpha value is -1.45. The van der Waals surface area contributed by atoms with Gasteiger partial charge in [0.15, 0.2) is 11.6 Å². The summed E-state index contributed by atoms with van der Waals surface area (Å²) in [6, 6.07) is 3.26. The van der Waals surface area contributed by atoms with Crippen LogP contribution in [0.15, 0.2) is 24.0 Å². The smallest absolute Gasteiger partial charge is 0.200 e. The minimum absolute atomic E-state index is 0.00163. The molecule has 0 amide bonds. The first-order chi connectivity index (χ1) is 13.0. The van der Waals surface area contributed by atoms with E-state index in [1.54, 1.807) is 25.1 Å². The largest absolute Gasteiger partial charge is 0.491 e. The van der Waals surface area contributed by atoms with Gasteiger partial charge >= 0.3 is 0 Å². The van der Waals surface area contributed by atoms with E-state index in [0.29, 0.717) is 29.9 Å². The van der Waals surface area contributed by atoms with Crippen molar-refractivity contribution in [3.05, 3.63) is 41.2 Å². The van der Waals surface area contributed by atoms with Gasteiger partial charge < -0.3 is 4.74 Å². The number of halogens is 3. The van der Waals surface area contributed by atoms with Gasteiger partial charge in [-0.1, -0.05) is 12.1 Å². The van der Waals surface area contributed by atoms with Crippen LogP contribution in [-0.4, -0.2) is 6.61 Å². The van der Waals surface area contributed by atoms with Gasteiger partial charge in [0.05, 0.1) is 12.4 Å². The fourth-order valence-electron chi connectivity index (χ4n) is 5.14. The summed E-state index contributed by atoms with van der Waals surface area (Å²) in [5.41, 5.74) is 0.502. The van der Waals surface area contributed by atoms with E-state index in [1.165, 1.54) is 6.92 Å². The maximum absolute atomic E-state index is 14.5. The Kier molecular flexibility index (Phi) is 6.88. The van der Waals surface area contributed by atoms with Crippen LogP contribution < -0.4 is 4.74 Å². The molecule has 0 saturated heterocycles. The van der Waals surface area contributed by atoms with E-state index in [0.717, 1.165) is 51.4 Å². The normalized spacial score (nSPS) is 29.6. The molecule has 2 aliphatic rings. The van der Waals surface area contributed by atoms with Gasteiger partial charge in [0, 0.05) is 0 Å². The Morgan fingerprint density at radius 3 is 2.11 bits per heavy atom. The first-order valence-electron chi connectivity index (χ1n) is 10.4. The van der Waals surface area contributed by atoms with E-state index in [9.17, 15) is 13.2 Å². The summed E-state index contributed by atoms with van der Waals surface area (Å²) in [4.78, 5) is 0. The minimum atomic E-state index is -0.856. The second-order valence-corrected chi connectivity index (χ2v) is 8.25. The molecule has 2 aliphatic carbocycles. The van der Waals surface area contributed by atoms with E-state index >= 15 is 0 Å². The van der Waals surface area contributed by atoms with Crippen LogP contribution in [0.5, 0.6) is 5.75 Å². The highest BCUT2D eigenvalue weighted by Crippen LogP contribution is 2.45. The van der Waals surface area contributed by atoms with Crippen molar-refractivity contribution in [3.63, 3.8) is 0 Å². The Balaban J connectivity index is 1.55. The minimum Gasteiger partial charge on any atom is -0.491 e. The lowest BCUT2D eigenvalue weighted by Crippen LogP contribution is -2.25. The molecule has 0 aromatic heterocycles. The Labute approximate surface area is 161 Å². The van der Waals surface area contributed by atoms with Gasteiger partial charge in [-0.05, 0) is 101 Å². The quantitative estimate of drug-likeness (QED) is 0.520. The average Bonchev–Trinajstić information content (AvgIpc) is 2.66. The van der Waals surface area contributed by atoms with Gasteiger partial charge in [0.1, 0.15) is 0 Å².